The lowest BCUT2D eigenvalue weighted by molar-refractivity contribution is 0.471. The van der Waals surface area contributed by atoms with Crippen molar-refractivity contribution in [3.8, 4) is 5.75 Å². The zero-order valence-corrected chi connectivity index (χ0v) is 11.9. The fourth-order valence-electron chi connectivity index (χ4n) is 1.23. The Morgan fingerprint density at radius 1 is 1.28 bits per heavy atom. The standard InChI is InChI=1S/C10H7BrFNO3S2/c11-9-3-4-10(17-9)18(15,16)13-7-2-1-6(12)5-8(7)14/h1-5,13-14H. The first-order chi connectivity index (χ1) is 8.38. The first-order valence-electron chi connectivity index (χ1n) is 4.65. The van der Waals surface area contributed by atoms with Crippen LogP contribution in [0.5, 0.6) is 5.75 Å². The Morgan fingerprint density at radius 3 is 2.56 bits per heavy atom. The van der Waals surface area contributed by atoms with Crippen molar-refractivity contribution in [2.45, 2.75) is 4.21 Å². The molecule has 0 aliphatic heterocycles. The summed E-state index contributed by atoms with van der Waals surface area (Å²) in [5.74, 6) is -1.11. The number of benzene rings is 1. The van der Waals surface area contributed by atoms with Gasteiger partial charge in [0.05, 0.1) is 9.47 Å². The van der Waals surface area contributed by atoms with E-state index in [4.69, 9.17) is 0 Å². The van der Waals surface area contributed by atoms with Gasteiger partial charge in [0.2, 0.25) is 0 Å². The molecule has 0 bridgehead atoms. The number of phenols is 1. The molecule has 0 amide bonds. The topological polar surface area (TPSA) is 66.4 Å². The summed E-state index contributed by atoms with van der Waals surface area (Å²) in [6, 6.07) is 6.08. The van der Waals surface area contributed by atoms with Crippen LogP contribution in [0.25, 0.3) is 0 Å². The van der Waals surface area contributed by atoms with E-state index in [0.29, 0.717) is 3.79 Å². The molecular formula is C10H7BrFNO3S2. The van der Waals surface area contributed by atoms with Crippen LogP contribution in [-0.4, -0.2) is 13.5 Å². The molecule has 1 heterocycles. The van der Waals surface area contributed by atoms with Crippen molar-refractivity contribution in [2.24, 2.45) is 0 Å². The first kappa shape index (κ1) is 13.3. The number of phenolic OH excluding ortho intramolecular Hbond substituents is 1. The van der Waals surface area contributed by atoms with Crippen LogP contribution >= 0.6 is 27.3 Å². The normalized spacial score (nSPS) is 11.4. The minimum Gasteiger partial charge on any atom is -0.506 e. The van der Waals surface area contributed by atoms with Crippen molar-refractivity contribution >= 4 is 43.0 Å². The summed E-state index contributed by atoms with van der Waals surface area (Å²) >= 11 is 4.19. The van der Waals surface area contributed by atoms with Gasteiger partial charge in [-0.05, 0) is 40.2 Å². The molecule has 2 rings (SSSR count). The van der Waals surface area contributed by atoms with E-state index in [2.05, 4.69) is 20.7 Å². The van der Waals surface area contributed by atoms with E-state index >= 15 is 0 Å². The maximum atomic E-state index is 12.8. The predicted octanol–water partition coefficient (Wildman–Crippen LogP) is 3.16. The van der Waals surface area contributed by atoms with E-state index in [1.165, 1.54) is 6.07 Å². The van der Waals surface area contributed by atoms with Gasteiger partial charge in [0.15, 0.2) is 0 Å². The highest BCUT2D eigenvalue weighted by Gasteiger charge is 2.18. The van der Waals surface area contributed by atoms with Gasteiger partial charge in [0.1, 0.15) is 15.8 Å². The van der Waals surface area contributed by atoms with Gasteiger partial charge in [0.25, 0.3) is 10.0 Å². The Labute approximate surface area is 115 Å². The minimum absolute atomic E-state index is 0.0686. The Balaban J connectivity index is 2.33. The van der Waals surface area contributed by atoms with Crippen molar-refractivity contribution < 1.29 is 17.9 Å². The zero-order valence-electron chi connectivity index (χ0n) is 8.72. The van der Waals surface area contributed by atoms with E-state index < -0.39 is 21.6 Å². The van der Waals surface area contributed by atoms with Gasteiger partial charge in [0, 0.05) is 6.07 Å². The van der Waals surface area contributed by atoms with Crippen LogP contribution in [0.2, 0.25) is 0 Å². The Kier molecular flexibility index (Phi) is 3.60. The van der Waals surface area contributed by atoms with Crippen LogP contribution in [0.15, 0.2) is 38.3 Å². The highest BCUT2D eigenvalue weighted by atomic mass is 79.9. The molecule has 0 atom stereocenters. The highest BCUT2D eigenvalue weighted by molar-refractivity contribution is 9.11. The third-order valence-electron chi connectivity index (χ3n) is 2.02. The van der Waals surface area contributed by atoms with Crippen molar-refractivity contribution in [3.63, 3.8) is 0 Å². The summed E-state index contributed by atoms with van der Waals surface area (Å²) < 4.78 is 39.6. The number of halogens is 2. The van der Waals surface area contributed by atoms with Crippen molar-refractivity contribution in [2.75, 3.05) is 4.72 Å². The number of anilines is 1. The zero-order chi connectivity index (χ0) is 13.3. The second kappa shape index (κ2) is 4.87. The Hall–Kier alpha value is -1.12. The van der Waals surface area contributed by atoms with Crippen LogP contribution < -0.4 is 4.72 Å². The van der Waals surface area contributed by atoms with Gasteiger partial charge in [-0.1, -0.05) is 0 Å². The van der Waals surface area contributed by atoms with Gasteiger partial charge in [-0.25, -0.2) is 12.8 Å². The molecule has 18 heavy (non-hydrogen) atoms. The summed E-state index contributed by atoms with van der Waals surface area (Å²) in [6.45, 7) is 0. The van der Waals surface area contributed by atoms with Crippen molar-refractivity contribution in [3.05, 3.63) is 39.9 Å². The van der Waals surface area contributed by atoms with E-state index in [-0.39, 0.29) is 9.90 Å². The molecule has 2 aromatic rings. The van der Waals surface area contributed by atoms with Crippen LogP contribution in [0.3, 0.4) is 0 Å². The highest BCUT2D eigenvalue weighted by Crippen LogP contribution is 2.30. The lowest BCUT2D eigenvalue weighted by Crippen LogP contribution is -2.11. The van der Waals surface area contributed by atoms with Crippen molar-refractivity contribution in [1.29, 1.82) is 0 Å². The lowest BCUT2D eigenvalue weighted by Gasteiger charge is -2.07. The number of aromatic hydroxyl groups is 1. The fourth-order valence-corrected chi connectivity index (χ4v) is 4.31. The molecule has 0 fully saturated rings. The quantitative estimate of drug-likeness (QED) is 0.834. The summed E-state index contributed by atoms with van der Waals surface area (Å²) in [7, 11) is -3.77. The average Bonchev–Trinajstić information content (AvgIpc) is 2.70. The summed E-state index contributed by atoms with van der Waals surface area (Å²) in [5, 5.41) is 9.43. The maximum Gasteiger partial charge on any atom is 0.271 e. The van der Waals surface area contributed by atoms with E-state index in [1.807, 2.05) is 0 Å². The van der Waals surface area contributed by atoms with Crippen LogP contribution in [0, 0.1) is 5.82 Å². The third kappa shape index (κ3) is 2.82. The fraction of sp³-hybridized carbons (Fsp3) is 0. The maximum absolute atomic E-state index is 12.8. The number of hydrogen-bond donors (Lipinski definition) is 2. The largest absolute Gasteiger partial charge is 0.506 e. The summed E-state index contributed by atoms with van der Waals surface area (Å²) in [5.41, 5.74) is -0.0686. The molecule has 0 aliphatic carbocycles. The molecule has 0 spiro atoms. The van der Waals surface area contributed by atoms with E-state index in [0.717, 1.165) is 29.5 Å². The van der Waals surface area contributed by atoms with Crippen LogP contribution in [0.4, 0.5) is 10.1 Å². The molecule has 96 valence electrons. The van der Waals surface area contributed by atoms with Crippen LogP contribution in [0.1, 0.15) is 0 Å². The molecular weight excluding hydrogens is 345 g/mol. The van der Waals surface area contributed by atoms with Crippen molar-refractivity contribution in [1.82, 2.24) is 0 Å². The molecule has 8 heteroatoms. The molecule has 0 unspecified atom stereocenters. The number of hydrogen-bond acceptors (Lipinski definition) is 4. The smallest absolute Gasteiger partial charge is 0.271 e. The second-order valence-corrected chi connectivity index (χ2v) is 7.70. The number of sulfonamides is 1. The number of thiophene rings is 1. The van der Waals surface area contributed by atoms with Gasteiger partial charge >= 0.3 is 0 Å². The van der Waals surface area contributed by atoms with E-state index in [9.17, 15) is 17.9 Å². The Bertz CT molecular complexity index is 684. The molecule has 0 saturated heterocycles. The van der Waals surface area contributed by atoms with Gasteiger partial charge in [-0.3, -0.25) is 4.72 Å². The molecule has 1 aromatic carbocycles. The predicted molar refractivity (Wildman–Crippen MR) is 70.9 cm³/mol. The molecule has 0 aliphatic rings. The first-order valence-corrected chi connectivity index (χ1v) is 7.74. The SMILES string of the molecule is O=S(=O)(Nc1ccc(F)cc1O)c1ccc(Br)s1. The number of rotatable bonds is 3. The summed E-state index contributed by atoms with van der Waals surface area (Å²) in [4.78, 5) is 0. The third-order valence-corrected chi connectivity index (χ3v) is 5.50. The molecule has 0 radical (unpaired) electrons. The second-order valence-electron chi connectivity index (χ2n) is 3.33. The molecule has 1 aromatic heterocycles. The Morgan fingerprint density at radius 2 is 2.00 bits per heavy atom. The molecule has 4 nitrogen and oxygen atoms in total. The lowest BCUT2D eigenvalue weighted by atomic mass is 10.3. The van der Waals surface area contributed by atoms with Gasteiger partial charge in [-0.15, -0.1) is 11.3 Å². The molecule has 0 saturated carbocycles. The minimum atomic E-state index is -3.77. The van der Waals surface area contributed by atoms with Gasteiger partial charge in [-0.2, -0.15) is 0 Å². The van der Waals surface area contributed by atoms with Crippen LogP contribution in [-0.2, 0) is 10.0 Å². The average molecular weight is 352 g/mol. The number of nitrogens with one attached hydrogen (secondary N) is 1. The van der Waals surface area contributed by atoms with Gasteiger partial charge < -0.3 is 5.11 Å². The monoisotopic (exact) mass is 351 g/mol. The summed E-state index contributed by atoms with van der Waals surface area (Å²) in [6.07, 6.45) is 0. The molecule has 2 N–H and O–H groups in total. The van der Waals surface area contributed by atoms with E-state index in [1.54, 1.807) is 6.07 Å².